The summed E-state index contributed by atoms with van der Waals surface area (Å²) in [5.74, 6) is 0.0554. The summed E-state index contributed by atoms with van der Waals surface area (Å²) in [5.41, 5.74) is 0. The number of amides is 1. The van der Waals surface area contributed by atoms with Crippen molar-refractivity contribution in [2.24, 2.45) is 0 Å². The molecule has 2 aliphatic rings. The van der Waals surface area contributed by atoms with Crippen LogP contribution in [0.25, 0.3) is 0 Å². The zero-order chi connectivity index (χ0) is 15.3. The van der Waals surface area contributed by atoms with Gasteiger partial charge in [0.1, 0.15) is 0 Å². The van der Waals surface area contributed by atoms with Crippen LogP contribution in [0.2, 0.25) is 0 Å². The Labute approximate surface area is 127 Å². The summed E-state index contributed by atoms with van der Waals surface area (Å²) in [6, 6.07) is 0. The Kier molecular flexibility index (Phi) is 6.01. The van der Waals surface area contributed by atoms with Crippen molar-refractivity contribution in [2.45, 2.75) is 44.3 Å². The Hall–Kier alpha value is -0.660. The average molecular weight is 317 g/mol. The first-order valence-electron chi connectivity index (χ1n) is 8.01. The minimum atomic E-state index is -3.23. The quantitative estimate of drug-likeness (QED) is 0.770. The maximum absolute atomic E-state index is 12.1. The van der Waals surface area contributed by atoms with Crippen molar-refractivity contribution in [2.75, 3.05) is 39.3 Å². The number of nitrogens with zero attached hydrogens (tertiary/aromatic N) is 2. The van der Waals surface area contributed by atoms with Crippen molar-refractivity contribution >= 4 is 15.9 Å². The summed E-state index contributed by atoms with van der Waals surface area (Å²) < 4.78 is 26.7. The Balaban J connectivity index is 1.69. The van der Waals surface area contributed by atoms with Gasteiger partial charge in [0.25, 0.3) is 0 Å². The van der Waals surface area contributed by atoms with Crippen LogP contribution >= 0.6 is 0 Å². The molecule has 1 aliphatic heterocycles. The van der Waals surface area contributed by atoms with Gasteiger partial charge in [-0.25, -0.2) is 13.1 Å². The van der Waals surface area contributed by atoms with Gasteiger partial charge >= 0.3 is 0 Å². The van der Waals surface area contributed by atoms with Crippen molar-refractivity contribution < 1.29 is 13.2 Å². The number of carbonyl (C=O) groups excluding carboxylic acids is 1. The number of hydrogen-bond acceptors (Lipinski definition) is 4. The molecule has 0 bridgehead atoms. The van der Waals surface area contributed by atoms with Gasteiger partial charge in [-0.05, 0) is 19.4 Å². The first-order chi connectivity index (χ1) is 10.0. The molecule has 1 amide bonds. The first kappa shape index (κ1) is 16.7. The van der Waals surface area contributed by atoms with Gasteiger partial charge in [-0.15, -0.1) is 0 Å². The molecule has 1 aliphatic carbocycles. The van der Waals surface area contributed by atoms with E-state index in [9.17, 15) is 13.2 Å². The molecule has 0 unspecified atom stereocenters. The molecule has 0 atom stereocenters. The normalized spacial score (nSPS) is 21.9. The van der Waals surface area contributed by atoms with Gasteiger partial charge in [-0.2, -0.15) is 0 Å². The predicted molar refractivity (Wildman–Crippen MR) is 82.5 cm³/mol. The molecular formula is C14H27N3O3S. The van der Waals surface area contributed by atoms with E-state index in [1.165, 1.54) is 0 Å². The Morgan fingerprint density at radius 2 is 1.76 bits per heavy atom. The number of nitrogens with one attached hydrogen (secondary N) is 1. The van der Waals surface area contributed by atoms with Crippen LogP contribution in [0.5, 0.6) is 0 Å². The van der Waals surface area contributed by atoms with E-state index in [1.54, 1.807) is 0 Å². The van der Waals surface area contributed by atoms with Crippen LogP contribution in [0, 0.1) is 0 Å². The summed E-state index contributed by atoms with van der Waals surface area (Å²) >= 11 is 0. The minimum Gasteiger partial charge on any atom is -0.340 e. The van der Waals surface area contributed by atoms with Gasteiger partial charge in [0.15, 0.2) is 0 Å². The molecule has 0 radical (unpaired) electrons. The zero-order valence-electron chi connectivity index (χ0n) is 12.9. The third kappa shape index (κ3) is 4.66. The van der Waals surface area contributed by atoms with E-state index in [0.29, 0.717) is 0 Å². The molecule has 21 heavy (non-hydrogen) atoms. The molecule has 122 valence electrons. The van der Waals surface area contributed by atoms with E-state index in [-0.39, 0.29) is 24.1 Å². The molecule has 0 aromatic heterocycles. The lowest BCUT2D eigenvalue weighted by molar-refractivity contribution is -0.132. The fourth-order valence-electron chi connectivity index (χ4n) is 3.09. The number of likely N-dealkylation sites (N-methyl/N-ethyl adjacent to an activating group) is 1. The van der Waals surface area contributed by atoms with Crippen LogP contribution in [0.3, 0.4) is 0 Å². The highest BCUT2D eigenvalue weighted by Gasteiger charge is 2.28. The first-order valence-corrected chi connectivity index (χ1v) is 9.56. The smallest absolute Gasteiger partial charge is 0.223 e. The van der Waals surface area contributed by atoms with Crippen LogP contribution in [0.15, 0.2) is 0 Å². The highest BCUT2D eigenvalue weighted by Crippen LogP contribution is 2.23. The third-order valence-corrected chi connectivity index (χ3v) is 6.51. The lowest BCUT2D eigenvalue weighted by Crippen LogP contribution is -2.49. The second-order valence-corrected chi connectivity index (χ2v) is 7.96. The maximum atomic E-state index is 12.1. The number of rotatable bonds is 6. The molecule has 1 saturated carbocycles. The minimum absolute atomic E-state index is 0.0554. The Morgan fingerprint density at radius 1 is 1.14 bits per heavy atom. The van der Waals surface area contributed by atoms with Crippen LogP contribution < -0.4 is 4.72 Å². The molecule has 0 spiro atoms. The molecule has 6 nitrogen and oxygen atoms in total. The van der Waals surface area contributed by atoms with Crippen LogP contribution in [0.1, 0.15) is 39.0 Å². The lowest BCUT2D eigenvalue weighted by Gasteiger charge is -2.34. The fraction of sp³-hybridized carbons (Fsp3) is 0.929. The van der Waals surface area contributed by atoms with Crippen molar-refractivity contribution in [1.82, 2.24) is 14.5 Å². The van der Waals surface area contributed by atoms with Crippen molar-refractivity contribution in [3.63, 3.8) is 0 Å². The molecule has 1 heterocycles. The molecule has 2 fully saturated rings. The van der Waals surface area contributed by atoms with E-state index in [0.717, 1.165) is 58.4 Å². The van der Waals surface area contributed by atoms with Gasteiger partial charge in [0.2, 0.25) is 15.9 Å². The Bertz CT molecular complexity index is 438. The maximum Gasteiger partial charge on any atom is 0.223 e. The van der Waals surface area contributed by atoms with Crippen molar-refractivity contribution in [1.29, 1.82) is 0 Å². The predicted octanol–water partition coefficient (Wildman–Crippen LogP) is 0.403. The number of hydrogen-bond donors (Lipinski definition) is 1. The summed E-state index contributed by atoms with van der Waals surface area (Å²) in [4.78, 5) is 16.2. The molecule has 1 saturated heterocycles. The third-order valence-electron chi connectivity index (χ3n) is 4.56. The van der Waals surface area contributed by atoms with Crippen LogP contribution in [-0.4, -0.2) is 68.6 Å². The van der Waals surface area contributed by atoms with Gasteiger partial charge in [0, 0.05) is 39.1 Å². The molecule has 0 aromatic rings. The zero-order valence-corrected chi connectivity index (χ0v) is 13.7. The summed E-state index contributed by atoms with van der Waals surface area (Å²) in [5, 5.41) is -0.249. The summed E-state index contributed by atoms with van der Waals surface area (Å²) in [6.07, 6.45) is 3.75. The lowest BCUT2D eigenvalue weighted by atomic mass is 10.3. The van der Waals surface area contributed by atoms with Crippen molar-refractivity contribution in [3.05, 3.63) is 0 Å². The molecule has 2 rings (SSSR count). The highest BCUT2D eigenvalue weighted by molar-refractivity contribution is 7.90. The molecule has 1 N–H and O–H groups in total. The summed E-state index contributed by atoms with van der Waals surface area (Å²) in [7, 11) is -3.23. The van der Waals surface area contributed by atoms with Gasteiger partial charge in [-0.3, -0.25) is 4.79 Å². The van der Waals surface area contributed by atoms with Gasteiger partial charge < -0.3 is 9.80 Å². The van der Waals surface area contributed by atoms with Gasteiger partial charge in [-0.1, -0.05) is 19.8 Å². The Morgan fingerprint density at radius 3 is 2.33 bits per heavy atom. The van der Waals surface area contributed by atoms with Crippen LogP contribution in [0.4, 0.5) is 0 Å². The van der Waals surface area contributed by atoms with Crippen molar-refractivity contribution in [3.8, 4) is 0 Å². The SMILES string of the molecule is CCN1CCN(C(=O)CCNS(=O)(=O)C2CCCC2)CC1. The number of sulfonamides is 1. The standard InChI is InChI=1S/C14H27N3O3S/c1-2-16-9-11-17(12-10-16)14(18)7-8-15-21(19,20)13-5-3-4-6-13/h13,15H,2-12H2,1H3. The second-order valence-electron chi connectivity index (χ2n) is 5.91. The largest absolute Gasteiger partial charge is 0.340 e. The van der Waals surface area contributed by atoms with E-state index in [2.05, 4.69) is 16.5 Å². The fourth-order valence-corrected chi connectivity index (χ4v) is 4.66. The second kappa shape index (κ2) is 7.56. The van der Waals surface area contributed by atoms with E-state index in [1.807, 2.05) is 4.90 Å². The highest BCUT2D eigenvalue weighted by atomic mass is 32.2. The average Bonchev–Trinajstić information content (AvgIpc) is 3.02. The van der Waals surface area contributed by atoms with E-state index < -0.39 is 10.0 Å². The van der Waals surface area contributed by atoms with Gasteiger partial charge in [0.05, 0.1) is 5.25 Å². The van der Waals surface area contributed by atoms with E-state index in [4.69, 9.17) is 0 Å². The van der Waals surface area contributed by atoms with E-state index >= 15 is 0 Å². The number of carbonyl (C=O) groups is 1. The monoisotopic (exact) mass is 317 g/mol. The topological polar surface area (TPSA) is 69.7 Å². The molecular weight excluding hydrogens is 290 g/mol. The number of piperazine rings is 1. The van der Waals surface area contributed by atoms with Crippen LogP contribution in [-0.2, 0) is 14.8 Å². The molecule has 0 aromatic carbocycles. The molecule has 7 heteroatoms. The summed E-state index contributed by atoms with van der Waals surface area (Å²) in [6.45, 7) is 6.69.